The number of carboxylic acids is 1. The summed E-state index contributed by atoms with van der Waals surface area (Å²) in [6, 6.07) is 0.170. The molecule has 138 valence electrons. The number of aromatic nitrogens is 2. The molecule has 0 saturated carbocycles. The summed E-state index contributed by atoms with van der Waals surface area (Å²) >= 11 is 1.09. The van der Waals surface area contributed by atoms with Gasteiger partial charge >= 0.3 is 19.4 Å². The Balaban J connectivity index is 1.79. The molecular weight excluding hydrogens is 378 g/mol. The van der Waals surface area contributed by atoms with Gasteiger partial charge in [-0.15, -0.1) is 11.8 Å². The highest BCUT2D eigenvalue weighted by atomic mass is 32.2. The molecule has 2 aliphatic heterocycles. The maximum atomic E-state index is 14.8. The number of nitrogen functional groups attached to an aromatic ring is 1. The van der Waals surface area contributed by atoms with Crippen molar-refractivity contribution in [1.29, 1.82) is 0 Å². The first-order chi connectivity index (χ1) is 11.7. The van der Waals surface area contributed by atoms with Gasteiger partial charge in [-0.3, -0.25) is 18.4 Å². The molecule has 13 heteroatoms. The van der Waals surface area contributed by atoms with Crippen LogP contribution in [0.15, 0.2) is 17.1 Å². The number of aliphatic carboxylic acids is 1. The van der Waals surface area contributed by atoms with Gasteiger partial charge in [0.15, 0.2) is 6.17 Å². The van der Waals surface area contributed by atoms with Crippen LogP contribution in [0.1, 0.15) is 12.3 Å². The van der Waals surface area contributed by atoms with Crippen LogP contribution in [0.5, 0.6) is 0 Å². The lowest BCUT2D eigenvalue weighted by molar-refractivity contribution is -0.138. The van der Waals surface area contributed by atoms with E-state index >= 15 is 0 Å². The number of carbonyl (C=O) groups is 1. The van der Waals surface area contributed by atoms with Gasteiger partial charge in [0.2, 0.25) is 0 Å². The third-order valence-electron chi connectivity index (χ3n) is 3.78. The lowest BCUT2D eigenvalue weighted by atomic mass is 10.1. The third kappa shape index (κ3) is 3.58. The van der Waals surface area contributed by atoms with Crippen LogP contribution >= 0.6 is 19.5 Å². The second kappa shape index (κ2) is 6.69. The van der Waals surface area contributed by atoms with Crippen molar-refractivity contribution in [2.75, 3.05) is 12.3 Å². The van der Waals surface area contributed by atoms with Crippen LogP contribution in [0.25, 0.3) is 0 Å². The largest absolute Gasteiger partial charge is 0.480 e. The van der Waals surface area contributed by atoms with Crippen molar-refractivity contribution in [3.63, 3.8) is 0 Å². The zero-order valence-electron chi connectivity index (χ0n) is 12.9. The molecule has 3 rings (SSSR count). The number of rotatable bonds is 4. The number of halogens is 1. The summed E-state index contributed by atoms with van der Waals surface area (Å²) in [6.45, 7) is 1.15. The zero-order valence-corrected chi connectivity index (χ0v) is 14.7. The monoisotopic (exact) mass is 394 g/mol. The van der Waals surface area contributed by atoms with Gasteiger partial charge in [-0.2, -0.15) is 4.98 Å². The molecule has 0 aliphatic carbocycles. The fourth-order valence-electron chi connectivity index (χ4n) is 2.52. The molecule has 0 amide bonds. The normalized spacial score (nSPS) is 35.9. The van der Waals surface area contributed by atoms with Crippen molar-refractivity contribution in [1.82, 2.24) is 14.6 Å². The molecule has 10 nitrogen and oxygen atoms in total. The second-order valence-electron chi connectivity index (χ2n) is 5.60. The van der Waals surface area contributed by atoms with Gasteiger partial charge in [-0.05, 0) is 13.0 Å². The minimum Gasteiger partial charge on any atom is -0.480 e. The van der Waals surface area contributed by atoms with E-state index in [1.807, 2.05) is 0 Å². The average molecular weight is 394 g/mol. The Kier molecular flexibility index (Phi) is 4.91. The highest BCUT2D eigenvalue weighted by Gasteiger charge is 2.53. The number of alkyl halides is 1. The summed E-state index contributed by atoms with van der Waals surface area (Å²) < 4.78 is 38.8. The number of anilines is 1. The molecule has 2 fully saturated rings. The summed E-state index contributed by atoms with van der Waals surface area (Å²) in [5.41, 5.74) is 4.71. The third-order valence-corrected chi connectivity index (χ3v) is 7.02. The first kappa shape index (κ1) is 18.3. The Bertz CT molecular complexity index is 793. The Morgan fingerprint density at radius 2 is 2.40 bits per heavy atom. The first-order valence-corrected chi connectivity index (χ1v) is 9.76. The minimum atomic E-state index is -3.98. The molecule has 2 aliphatic rings. The average Bonchev–Trinajstić information content (AvgIpc) is 2.83. The quantitative estimate of drug-likeness (QED) is 0.612. The fourth-order valence-corrected chi connectivity index (χ4v) is 5.89. The number of nitrogens with one attached hydrogen (secondary N) is 1. The first-order valence-electron chi connectivity index (χ1n) is 7.28. The van der Waals surface area contributed by atoms with Crippen molar-refractivity contribution in [2.24, 2.45) is 0 Å². The van der Waals surface area contributed by atoms with Crippen LogP contribution in [-0.4, -0.2) is 50.8 Å². The fraction of sp³-hybridized carbons (Fsp3) is 0.583. The lowest BCUT2D eigenvalue weighted by Crippen LogP contribution is -2.42. The Morgan fingerprint density at radius 3 is 3.04 bits per heavy atom. The highest BCUT2D eigenvalue weighted by molar-refractivity contribution is 8.00. The second-order valence-corrected chi connectivity index (χ2v) is 8.69. The van der Waals surface area contributed by atoms with Gasteiger partial charge in [0.05, 0.1) is 11.9 Å². The van der Waals surface area contributed by atoms with Crippen LogP contribution in [0.2, 0.25) is 0 Å². The molecule has 2 unspecified atom stereocenters. The van der Waals surface area contributed by atoms with E-state index in [9.17, 15) is 18.5 Å². The summed E-state index contributed by atoms with van der Waals surface area (Å²) in [5.74, 6) is -1.23. The molecule has 4 N–H and O–H groups in total. The number of hydrogen-bond acceptors (Lipinski definition) is 8. The highest BCUT2D eigenvalue weighted by Crippen LogP contribution is 2.57. The SMILES string of the molecule is CC(NP1(=O)OC[C@H]2S[C@@H](n3ccc(N)nc3=O)[C@@H](F)[C@@H]2O1)C(=O)O. The topological polar surface area (TPSA) is 146 Å². The van der Waals surface area contributed by atoms with E-state index in [1.54, 1.807) is 0 Å². The van der Waals surface area contributed by atoms with Gasteiger partial charge in [0.25, 0.3) is 0 Å². The Hall–Kier alpha value is -1.46. The summed E-state index contributed by atoms with van der Waals surface area (Å²) in [4.78, 5) is 26.4. The predicted octanol–water partition coefficient (Wildman–Crippen LogP) is 0.364. The van der Waals surface area contributed by atoms with E-state index in [2.05, 4.69) is 10.1 Å². The van der Waals surface area contributed by atoms with Crippen molar-refractivity contribution in [3.05, 3.63) is 22.7 Å². The maximum Gasteiger partial charge on any atom is 0.406 e. The van der Waals surface area contributed by atoms with Crippen LogP contribution in [0.4, 0.5) is 10.2 Å². The van der Waals surface area contributed by atoms with Crippen molar-refractivity contribution in [3.8, 4) is 0 Å². The smallest absolute Gasteiger partial charge is 0.406 e. The number of carboxylic acid groups (broad SMARTS) is 1. The number of hydrogen-bond donors (Lipinski definition) is 3. The van der Waals surface area contributed by atoms with Crippen LogP contribution < -0.4 is 16.5 Å². The van der Waals surface area contributed by atoms with Gasteiger partial charge in [-0.1, -0.05) is 0 Å². The molecule has 0 spiro atoms. The number of fused-ring (bicyclic) bond motifs is 1. The summed E-state index contributed by atoms with van der Waals surface area (Å²) in [6.07, 6.45) is -1.46. The summed E-state index contributed by atoms with van der Waals surface area (Å²) in [7, 11) is -3.98. The minimum absolute atomic E-state index is 0.0213. The van der Waals surface area contributed by atoms with Gasteiger partial charge in [0, 0.05) is 6.20 Å². The molecule has 0 bridgehead atoms. The Labute approximate surface area is 145 Å². The predicted molar refractivity (Wildman–Crippen MR) is 86.9 cm³/mol. The van der Waals surface area contributed by atoms with E-state index in [4.69, 9.17) is 19.9 Å². The van der Waals surface area contributed by atoms with Gasteiger partial charge in [0.1, 0.15) is 23.3 Å². The van der Waals surface area contributed by atoms with E-state index in [0.717, 1.165) is 16.3 Å². The van der Waals surface area contributed by atoms with Gasteiger partial charge < -0.3 is 10.8 Å². The molecule has 6 atom stereocenters. The Morgan fingerprint density at radius 1 is 1.68 bits per heavy atom. The number of nitrogens with zero attached hydrogens (tertiary/aromatic N) is 2. The van der Waals surface area contributed by atoms with E-state index < -0.39 is 48.3 Å². The number of thioether (sulfide) groups is 1. The van der Waals surface area contributed by atoms with E-state index in [1.165, 1.54) is 19.2 Å². The molecule has 25 heavy (non-hydrogen) atoms. The van der Waals surface area contributed by atoms with E-state index in [-0.39, 0.29) is 12.4 Å². The standard InChI is InChI=1S/C12H16FN4O6PS/c1-5(11(18)19)16-24(21)22-4-6-9(23-24)8(13)10(25-6)17-3-2-7(14)15-12(17)20/h2-3,5-6,8-10H,4H2,1H3,(H,16,21)(H,18,19)(H2,14,15,20)/t5?,6-,8+,9-,10-,24?/m1/s1. The van der Waals surface area contributed by atoms with Crippen LogP contribution in [0.3, 0.4) is 0 Å². The van der Waals surface area contributed by atoms with Crippen LogP contribution in [-0.2, 0) is 18.4 Å². The molecular formula is C12H16FN4O6PS. The molecule has 2 saturated heterocycles. The van der Waals surface area contributed by atoms with E-state index in [0.29, 0.717) is 0 Å². The number of nitrogens with two attached hydrogens (primary N) is 1. The maximum absolute atomic E-state index is 14.8. The lowest BCUT2D eigenvalue weighted by Gasteiger charge is -2.32. The molecule has 3 heterocycles. The van der Waals surface area contributed by atoms with Crippen molar-refractivity contribution < 1.29 is 27.9 Å². The molecule has 0 radical (unpaired) electrons. The molecule has 1 aromatic rings. The van der Waals surface area contributed by atoms with Gasteiger partial charge in [-0.25, -0.2) is 18.8 Å². The zero-order chi connectivity index (χ0) is 18.4. The van der Waals surface area contributed by atoms with Crippen LogP contribution in [0, 0.1) is 0 Å². The summed E-state index contributed by atoms with van der Waals surface area (Å²) in [5, 5.41) is 9.67. The molecule has 1 aromatic heterocycles. The van der Waals surface area contributed by atoms with Crippen molar-refractivity contribution in [2.45, 2.75) is 35.9 Å². The van der Waals surface area contributed by atoms with Crippen molar-refractivity contribution >= 4 is 31.3 Å². The molecule has 0 aromatic carbocycles.